The largest absolute Gasteiger partial charge is 0.294 e. The van der Waals surface area contributed by atoms with Crippen molar-refractivity contribution in [3.8, 4) is 0 Å². The molecule has 0 saturated heterocycles. The van der Waals surface area contributed by atoms with Crippen molar-refractivity contribution in [1.82, 2.24) is 0 Å². The van der Waals surface area contributed by atoms with Gasteiger partial charge in [0.05, 0.1) is 10.6 Å². The van der Waals surface area contributed by atoms with Gasteiger partial charge in [-0.1, -0.05) is 12.1 Å². The van der Waals surface area contributed by atoms with Crippen LogP contribution in [-0.2, 0) is 9.59 Å². The van der Waals surface area contributed by atoms with Crippen LogP contribution in [-0.4, -0.2) is 16.6 Å². The zero-order chi connectivity index (χ0) is 20.7. The van der Waals surface area contributed by atoms with Crippen LogP contribution in [0, 0.1) is 21.7 Å². The molecule has 2 aromatic carbocycles. The molecule has 1 atom stereocenters. The van der Waals surface area contributed by atoms with Crippen molar-refractivity contribution in [2.45, 2.75) is 31.6 Å². The second-order valence-electron chi connectivity index (χ2n) is 7.07. The van der Waals surface area contributed by atoms with Gasteiger partial charge in [0.2, 0.25) is 5.91 Å². The minimum atomic E-state index is -0.878. The Morgan fingerprint density at radius 3 is 2.41 bits per heavy atom. The van der Waals surface area contributed by atoms with E-state index in [1.54, 1.807) is 0 Å². The third kappa shape index (κ3) is 3.30. The monoisotopic (exact) mass is 398 g/mol. The molecule has 0 fully saturated rings. The first-order chi connectivity index (χ1) is 13.9. The zero-order valence-corrected chi connectivity index (χ0v) is 15.2. The molecule has 1 amide bonds. The fourth-order valence-electron chi connectivity index (χ4n) is 4.05. The van der Waals surface area contributed by atoms with Crippen LogP contribution in [0.1, 0.15) is 37.2 Å². The summed E-state index contributed by atoms with van der Waals surface area (Å²) in [7, 11) is 0. The first-order valence-corrected chi connectivity index (χ1v) is 9.15. The molecule has 148 valence electrons. The summed E-state index contributed by atoms with van der Waals surface area (Å²) in [5.74, 6) is -2.72. The summed E-state index contributed by atoms with van der Waals surface area (Å²) in [6, 6.07) is 8.71. The Kier molecular flexibility index (Phi) is 4.70. The molecule has 0 unspecified atom stereocenters. The highest BCUT2D eigenvalue weighted by Gasteiger charge is 2.40. The molecular weight excluding hydrogens is 382 g/mol. The summed E-state index contributed by atoms with van der Waals surface area (Å²) in [5.41, 5.74) is 1.29. The summed E-state index contributed by atoms with van der Waals surface area (Å²) < 4.78 is 27.7. The Morgan fingerprint density at radius 1 is 1.03 bits per heavy atom. The quantitative estimate of drug-likeness (QED) is 0.567. The summed E-state index contributed by atoms with van der Waals surface area (Å²) in [6.45, 7) is 0. The third-order valence-corrected chi connectivity index (χ3v) is 5.33. The molecular formula is C21H16F2N2O4. The summed E-state index contributed by atoms with van der Waals surface area (Å²) in [5, 5.41) is 10.9. The van der Waals surface area contributed by atoms with Gasteiger partial charge in [-0.3, -0.25) is 24.6 Å². The van der Waals surface area contributed by atoms with Gasteiger partial charge in [-0.15, -0.1) is 0 Å². The topological polar surface area (TPSA) is 80.5 Å². The summed E-state index contributed by atoms with van der Waals surface area (Å²) in [4.78, 5) is 37.3. The first-order valence-electron chi connectivity index (χ1n) is 9.15. The molecule has 2 aromatic rings. The molecule has 6 nitrogen and oxygen atoms in total. The van der Waals surface area contributed by atoms with Gasteiger partial charge >= 0.3 is 0 Å². The van der Waals surface area contributed by atoms with Crippen LogP contribution in [0.4, 0.5) is 20.2 Å². The average Bonchev–Trinajstić information content (AvgIpc) is 2.68. The number of amides is 1. The van der Waals surface area contributed by atoms with Gasteiger partial charge in [0.15, 0.2) is 5.78 Å². The SMILES string of the molecule is O=C1CCCC2=C1[C@H](c1ccc([N+](=O)[O-])cc1)CC(=O)N2c1ccc(F)cc1F. The van der Waals surface area contributed by atoms with E-state index >= 15 is 0 Å². The van der Waals surface area contributed by atoms with Crippen LogP contribution in [0.2, 0.25) is 0 Å². The lowest BCUT2D eigenvalue weighted by molar-refractivity contribution is -0.384. The molecule has 0 saturated carbocycles. The summed E-state index contributed by atoms with van der Waals surface area (Å²) >= 11 is 0. The lowest BCUT2D eigenvalue weighted by Crippen LogP contribution is -2.41. The van der Waals surface area contributed by atoms with Crippen molar-refractivity contribution < 1.29 is 23.3 Å². The minimum absolute atomic E-state index is 0.0826. The van der Waals surface area contributed by atoms with Crippen molar-refractivity contribution >= 4 is 23.1 Å². The normalized spacial score (nSPS) is 19.4. The van der Waals surface area contributed by atoms with Crippen molar-refractivity contribution in [2.75, 3.05) is 4.90 Å². The zero-order valence-electron chi connectivity index (χ0n) is 15.2. The molecule has 1 aliphatic heterocycles. The van der Waals surface area contributed by atoms with Gasteiger partial charge in [-0.2, -0.15) is 0 Å². The van der Waals surface area contributed by atoms with Crippen molar-refractivity contribution in [3.05, 3.63) is 81.0 Å². The predicted octanol–water partition coefficient (Wildman–Crippen LogP) is 4.40. The number of nitro benzene ring substituents is 1. The Labute approximate surface area is 164 Å². The highest BCUT2D eigenvalue weighted by atomic mass is 19.1. The van der Waals surface area contributed by atoms with Crippen LogP contribution in [0.5, 0.6) is 0 Å². The highest BCUT2D eigenvalue weighted by molar-refractivity contribution is 6.07. The van der Waals surface area contributed by atoms with Crippen molar-refractivity contribution in [1.29, 1.82) is 0 Å². The van der Waals surface area contributed by atoms with Crippen LogP contribution >= 0.6 is 0 Å². The Balaban J connectivity index is 1.83. The van der Waals surface area contributed by atoms with E-state index in [0.29, 0.717) is 42.2 Å². The number of hydrogen-bond acceptors (Lipinski definition) is 4. The molecule has 1 aliphatic carbocycles. The maximum atomic E-state index is 14.4. The molecule has 0 bridgehead atoms. The number of benzene rings is 2. The van der Waals surface area contributed by atoms with E-state index in [0.717, 1.165) is 6.07 Å². The van der Waals surface area contributed by atoms with Gasteiger partial charge in [0.1, 0.15) is 11.6 Å². The molecule has 29 heavy (non-hydrogen) atoms. The molecule has 0 spiro atoms. The van der Waals surface area contributed by atoms with Crippen LogP contribution in [0.15, 0.2) is 53.7 Å². The first kappa shape index (κ1) is 18.9. The van der Waals surface area contributed by atoms with Crippen molar-refractivity contribution in [2.24, 2.45) is 0 Å². The number of allylic oxidation sites excluding steroid dienone is 2. The number of hydrogen-bond donors (Lipinski definition) is 0. The molecule has 0 N–H and O–H groups in total. The van der Waals surface area contributed by atoms with Crippen molar-refractivity contribution in [3.63, 3.8) is 0 Å². The van der Waals surface area contributed by atoms with Gasteiger partial charge in [0, 0.05) is 48.2 Å². The molecule has 0 aromatic heterocycles. The van der Waals surface area contributed by atoms with Gasteiger partial charge in [0.25, 0.3) is 5.69 Å². The Morgan fingerprint density at radius 2 is 1.76 bits per heavy atom. The van der Waals surface area contributed by atoms with Gasteiger partial charge in [-0.05, 0) is 30.5 Å². The van der Waals surface area contributed by atoms with Gasteiger partial charge in [-0.25, -0.2) is 8.78 Å². The standard InChI is InChI=1S/C21H16F2N2O4/c22-13-6-9-17(16(23)10-13)24-18-2-1-3-19(26)21(18)15(11-20(24)27)12-4-7-14(8-5-12)25(28)29/h4-10,15H,1-3,11H2/t15-/m0/s1. The van der Waals surface area contributed by atoms with E-state index in [-0.39, 0.29) is 23.6 Å². The Hall–Kier alpha value is -3.42. The number of nitro groups is 1. The number of anilines is 1. The van der Waals surface area contributed by atoms with E-state index in [1.165, 1.54) is 35.2 Å². The second kappa shape index (κ2) is 7.20. The average molecular weight is 398 g/mol. The van der Waals surface area contributed by atoms with Crippen LogP contribution < -0.4 is 4.90 Å². The Bertz CT molecular complexity index is 1060. The fourth-order valence-corrected chi connectivity index (χ4v) is 4.05. The molecule has 0 radical (unpaired) electrons. The van der Waals surface area contributed by atoms with E-state index in [1.807, 2.05) is 0 Å². The second-order valence-corrected chi connectivity index (χ2v) is 7.07. The minimum Gasteiger partial charge on any atom is -0.294 e. The summed E-state index contributed by atoms with van der Waals surface area (Å²) in [6.07, 6.45) is 1.17. The molecule has 1 heterocycles. The number of non-ortho nitro benzene ring substituents is 1. The maximum Gasteiger partial charge on any atom is 0.269 e. The van der Waals surface area contributed by atoms with E-state index in [9.17, 15) is 28.5 Å². The number of carbonyl (C=O) groups is 2. The van der Waals surface area contributed by atoms with E-state index < -0.39 is 28.4 Å². The van der Waals surface area contributed by atoms with Crippen LogP contribution in [0.3, 0.4) is 0 Å². The van der Waals surface area contributed by atoms with Crippen LogP contribution in [0.25, 0.3) is 0 Å². The van der Waals surface area contributed by atoms with E-state index in [4.69, 9.17) is 0 Å². The lowest BCUT2D eigenvalue weighted by atomic mass is 9.77. The van der Waals surface area contributed by atoms with Gasteiger partial charge < -0.3 is 0 Å². The number of carbonyl (C=O) groups excluding carboxylic acids is 2. The smallest absolute Gasteiger partial charge is 0.269 e. The fraction of sp³-hybridized carbons (Fsp3) is 0.238. The van der Waals surface area contributed by atoms with E-state index in [2.05, 4.69) is 0 Å². The molecule has 4 rings (SSSR count). The third-order valence-electron chi connectivity index (χ3n) is 5.33. The number of halogens is 2. The molecule has 2 aliphatic rings. The number of Topliss-reactive ketones (excluding diaryl/α,β-unsaturated/α-hetero) is 1. The number of rotatable bonds is 3. The lowest BCUT2D eigenvalue weighted by Gasteiger charge is -2.38. The number of nitrogens with zero attached hydrogens (tertiary/aromatic N) is 2. The maximum absolute atomic E-state index is 14.4. The molecule has 8 heteroatoms. The predicted molar refractivity (Wildman–Crippen MR) is 100 cm³/mol. The number of ketones is 1. The highest BCUT2D eigenvalue weighted by Crippen LogP contribution is 2.44.